The molecule has 0 saturated heterocycles. The predicted octanol–water partition coefficient (Wildman–Crippen LogP) is 3.10. The first kappa shape index (κ1) is 16.5. The molecule has 1 aliphatic rings. The number of carboxylic acids is 1. The van der Waals surface area contributed by atoms with Crippen molar-refractivity contribution in [1.29, 1.82) is 5.41 Å². The van der Waals surface area contributed by atoms with Crippen molar-refractivity contribution in [2.24, 2.45) is 5.41 Å². The molecular weight excluding hydrogens is 273 g/mol. The van der Waals surface area contributed by atoms with E-state index in [0.717, 1.165) is 0 Å². The lowest BCUT2D eigenvalue weighted by atomic mass is 9.74. The molecule has 0 spiro atoms. The third-order valence-corrected chi connectivity index (χ3v) is 3.85. The number of hydrogen-bond acceptors (Lipinski definition) is 3. The fourth-order valence-electron chi connectivity index (χ4n) is 2.31. The number of halogens is 3. The summed E-state index contributed by atoms with van der Waals surface area (Å²) >= 11 is 0. The molecule has 7 heteroatoms. The second-order valence-corrected chi connectivity index (χ2v) is 5.48. The summed E-state index contributed by atoms with van der Waals surface area (Å²) in [6, 6.07) is -0.408. The van der Waals surface area contributed by atoms with Crippen LogP contribution in [0, 0.1) is 10.8 Å². The molecule has 0 aromatic carbocycles. The molecule has 1 aliphatic carbocycles. The van der Waals surface area contributed by atoms with Gasteiger partial charge in [-0.3, -0.25) is 4.79 Å². The highest BCUT2D eigenvalue weighted by Crippen LogP contribution is 2.37. The van der Waals surface area contributed by atoms with Crippen molar-refractivity contribution in [3.8, 4) is 0 Å². The molecule has 0 amide bonds. The van der Waals surface area contributed by atoms with E-state index in [0.29, 0.717) is 31.9 Å². The van der Waals surface area contributed by atoms with Gasteiger partial charge in [0.15, 0.2) is 0 Å². The molecule has 1 fully saturated rings. The Morgan fingerprint density at radius 1 is 1.40 bits per heavy atom. The largest absolute Gasteiger partial charge is 0.481 e. The summed E-state index contributed by atoms with van der Waals surface area (Å²) in [5.74, 6) is -0.904. The molecule has 0 aromatic heterocycles. The number of carbonyl (C=O) groups is 1. The minimum atomic E-state index is -4.53. The minimum absolute atomic E-state index is 0.177. The van der Waals surface area contributed by atoms with Gasteiger partial charge in [0, 0.05) is 12.3 Å². The highest BCUT2D eigenvalue weighted by molar-refractivity contribution is 5.76. The fraction of sp³-hybridized carbons (Fsp3) is 0.692. The molecule has 1 rings (SSSR count). The molecule has 0 atom stereocenters. The second kappa shape index (κ2) is 5.85. The summed E-state index contributed by atoms with van der Waals surface area (Å²) in [6.45, 7) is 2.85. The topological polar surface area (TPSA) is 73.2 Å². The molecule has 114 valence electrons. The van der Waals surface area contributed by atoms with Gasteiger partial charge in [0.1, 0.15) is 5.70 Å². The Kier molecular flexibility index (Phi) is 4.83. The smallest absolute Gasteiger partial charge is 0.431 e. The quantitative estimate of drug-likeness (QED) is 0.697. The van der Waals surface area contributed by atoms with Crippen molar-refractivity contribution in [3.63, 3.8) is 0 Å². The van der Waals surface area contributed by atoms with Crippen molar-refractivity contribution < 1.29 is 23.1 Å². The van der Waals surface area contributed by atoms with E-state index >= 15 is 0 Å². The van der Waals surface area contributed by atoms with Crippen LogP contribution < -0.4 is 5.32 Å². The Morgan fingerprint density at radius 2 is 1.90 bits per heavy atom. The molecule has 0 radical (unpaired) electrons. The van der Waals surface area contributed by atoms with E-state index in [1.807, 2.05) is 0 Å². The van der Waals surface area contributed by atoms with E-state index in [9.17, 15) is 18.0 Å². The average molecular weight is 292 g/mol. The van der Waals surface area contributed by atoms with Crippen LogP contribution in [-0.4, -0.2) is 29.5 Å². The molecule has 0 bridgehead atoms. The van der Waals surface area contributed by atoms with Gasteiger partial charge in [0.2, 0.25) is 0 Å². The summed E-state index contributed by atoms with van der Waals surface area (Å²) in [5, 5.41) is 18.5. The van der Waals surface area contributed by atoms with Crippen LogP contribution in [0.25, 0.3) is 0 Å². The maximum Gasteiger partial charge on any atom is 0.431 e. The standard InChI is InChI=1S/C13H19F3N2O2/c1-8(7-17)10(13(14,15)16)18-9-3-5-12(2,6-4-9)11(19)20/h7,9,17-18H,3-6H2,1-2H3,(H,19,20)/b10-8-,17-7?. The normalized spacial score (nSPS) is 28.6. The van der Waals surface area contributed by atoms with Crippen LogP contribution in [0.15, 0.2) is 11.3 Å². The van der Waals surface area contributed by atoms with E-state index in [-0.39, 0.29) is 5.57 Å². The van der Waals surface area contributed by atoms with Crippen LogP contribution in [0.1, 0.15) is 39.5 Å². The summed E-state index contributed by atoms with van der Waals surface area (Å²) in [6.07, 6.45) is -2.44. The number of alkyl halides is 3. The minimum Gasteiger partial charge on any atom is -0.481 e. The Hall–Kier alpha value is -1.53. The number of carboxylic acid groups (broad SMARTS) is 1. The van der Waals surface area contributed by atoms with E-state index in [1.165, 1.54) is 6.92 Å². The zero-order chi connectivity index (χ0) is 15.6. The number of aliphatic carboxylic acids is 1. The number of allylic oxidation sites excluding steroid dienone is 2. The van der Waals surface area contributed by atoms with Crippen molar-refractivity contribution in [2.75, 3.05) is 0 Å². The lowest BCUT2D eigenvalue weighted by Gasteiger charge is -2.35. The van der Waals surface area contributed by atoms with Crippen LogP contribution in [0.5, 0.6) is 0 Å². The van der Waals surface area contributed by atoms with Gasteiger partial charge in [0.25, 0.3) is 0 Å². The second-order valence-electron chi connectivity index (χ2n) is 5.48. The monoisotopic (exact) mass is 292 g/mol. The molecule has 4 nitrogen and oxygen atoms in total. The van der Waals surface area contributed by atoms with Gasteiger partial charge in [-0.2, -0.15) is 13.2 Å². The Labute approximate surface area is 115 Å². The molecule has 0 heterocycles. The highest BCUT2D eigenvalue weighted by Gasteiger charge is 2.40. The lowest BCUT2D eigenvalue weighted by molar-refractivity contribution is -0.150. The summed E-state index contributed by atoms with van der Waals surface area (Å²) in [4.78, 5) is 11.1. The fourth-order valence-corrected chi connectivity index (χ4v) is 2.31. The maximum absolute atomic E-state index is 12.9. The lowest BCUT2D eigenvalue weighted by Crippen LogP contribution is -2.42. The van der Waals surface area contributed by atoms with Crippen LogP contribution in [-0.2, 0) is 4.79 Å². The van der Waals surface area contributed by atoms with Crippen LogP contribution in [0.4, 0.5) is 13.2 Å². The van der Waals surface area contributed by atoms with Gasteiger partial charge in [0.05, 0.1) is 5.41 Å². The molecule has 1 saturated carbocycles. The van der Waals surface area contributed by atoms with Gasteiger partial charge in [-0.05, 0) is 45.1 Å². The first-order chi connectivity index (χ1) is 9.10. The molecule has 0 aromatic rings. The van der Waals surface area contributed by atoms with Gasteiger partial charge < -0.3 is 15.8 Å². The third kappa shape index (κ3) is 3.74. The third-order valence-electron chi connectivity index (χ3n) is 3.85. The summed E-state index contributed by atoms with van der Waals surface area (Å²) < 4.78 is 38.6. The van der Waals surface area contributed by atoms with Gasteiger partial charge in [-0.1, -0.05) is 0 Å². The van der Waals surface area contributed by atoms with Crippen molar-refractivity contribution in [2.45, 2.75) is 51.7 Å². The van der Waals surface area contributed by atoms with Crippen molar-refractivity contribution in [1.82, 2.24) is 5.32 Å². The van der Waals surface area contributed by atoms with Crippen LogP contribution in [0.3, 0.4) is 0 Å². The molecule has 20 heavy (non-hydrogen) atoms. The SMILES string of the molecule is C/C(C=N)=C(/NC1CCC(C)(C(=O)O)CC1)C(F)(F)F. The van der Waals surface area contributed by atoms with E-state index < -0.39 is 29.3 Å². The highest BCUT2D eigenvalue weighted by atomic mass is 19.4. The number of nitrogens with one attached hydrogen (secondary N) is 2. The van der Waals surface area contributed by atoms with Crippen LogP contribution in [0.2, 0.25) is 0 Å². The van der Waals surface area contributed by atoms with E-state index in [1.54, 1.807) is 6.92 Å². The molecule has 0 aliphatic heterocycles. The number of hydrogen-bond donors (Lipinski definition) is 3. The first-order valence-corrected chi connectivity index (χ1v) is 6.38. The predicted molar refractivity (Wildman–Crippen MR) is 68.7 cm³/mol. The van der Waals surface area contributed by atoms with Gasteiger partial charge in [-0.15, -0.1) is 0 Å². The number of rotatable bonds is 4. The van der Waals surface area contributed by atoms with Crippen molar-refractivity contribution >= 4 is 12.2 Å². The zero-order valence-electron chi connectivity index (χ0n) is 11.5. The molecular formula is C13H19F3N2O2. The maximum atomic E-state index is 12.9. The van der Waals surface area contributed by atoms with E-state index in [2.05, 4.69) is 5.32 Å². The Balaban J connectivity index is 2.76. The van der Waals surface area contributed by atoms with Crippen molar-refractivity contribution in [3.05, 3.63) is 11.3 Å². The first-order valence-electron chi connectivity index (χ1n) is 6.38. The molecule has 3 N–H and O–H groups in total. The Bertz CT molecular complexity index is 422. The zero-order valence-corrected chi connectivity index (χ0v) is 11.5. The van der Waals surface area contributed by atoms with Crippen LogP contribution >= 0.6 is 0 Å². The molecule has 0 unspecified atom stereocenters. The Morgan fingerprint density at radius 3 is 2.25 bits per heavy atom. The summed E-state index contributed by atoms with van der Waals surface area (Å²) in [7, 11) is 0. The van der Waals surface area contributed by atoms with Gasteiger partial charge >= 0.3 is 12.1 Å². The van der Waals surface area contributed by atoms with Gasteiger partial charge in [-0.25, -0.2) is 0 Å². The van der Waals surface area contributed by atoms with E-state index in [4.69, 9.17) is 10.5 Å². The summed E-state index contributed by atoms with van der Waals surface area (Å²) in [5.41, 5.74) is -1.93. The average Bonchev–Trinajstić information content (AvgIpc) is 2.35.